The van der Waals surface area contributed by atoms with Gasteiger partial charge in [-0.15, -0.1) is 0 Å². The Morgan fingerprint density at radius 2 is 1.58 bits per heavy atom. The number of anilines is 1. The van der Waals surface area contributed by atoms with Gasteiger partial charge in [-0.05, 0) is 29.8 Å². The summed E-state index contributed by atoms with van der Waals surface area (Å²) in [4.78, 5) is 0.0136. The van der Waals surface area contributed by atoms with Gasteiger partial charge in [0.05, 0.1) is 16.0 Å². The molecule has 0 saturated carbocycles. The van der Waals surface area contributed by atoms with Crippen molar-refractivity contribution in [3.8, 4) is 0 Å². The van der Waals surface area contributed by atoms with Gasteiger partial charge in [0.2, 0.25) is 10.0 Å². The molecular weight excluding hydrogens is 348 g/mol. The maximum absolute atomic E-state index is 12.1. The Bertz CT molecular complexity index is 935. The summed E-state index contributed by atoms with van der Waals surface area (Å²) < 4.78 is 51.8. The fourth-order valence-corrected chi connectivity index (χ4v) is 3.67. The van der Waals surface area contributed by atoms with Gasteiger partial charge in [-0.1, -0.05) is 36.4 Å². The van der Waals surface area contributed by atoms with Gasteiger partial charge in [-0.25, -0.2) is 21.1 Å². The van der Waals surface area contributed by atoms with Crippen LogP contribution in [0.4, 0.5) is 5.69 Å². The van der Waals surface area contributed by atoms with Crippen LogP contribution in [0.2, 0.25) is 0 Å². The smallest absolute Gasteiger partial charge is 0.255 e. The third-order valence-corrected chi connectivity index (χ3v) is 5.94. The van der Waals surface area contributed by atoms with E-state index in [1.54, 1.807) is 24.3 Å². The van der Waals surface area contributed by atoms with Crippen molar-refractivity contribution >= 4 is 31.8 Å². The lowest BCUT2D eigenvalue weighted by Gasteiger charge is -2.12. The highest BCUT2D eigenvalue weighted by Crippen LogP contribution is 2.19. The summed E-state index contributed by atoms with van der Waals surface area (Å²) in [5, 5.41) is 1.04. The molecule has 0 heterocycles. The monoisotopic (exact) mass is 366 g/mol. The van der Waals surface area contributed by atoms with Gasteiger partial charge in [-0.2, -0.15) is 0 Å². The maximum Gasteiger partial charge on any atom is 0.255 e. The largest absolute Gasteiger partial charge is 0.280 e. The lowest BCUT2D eigenvalue weighted by molar-refractivity contribution is 0.521. The number of nitrogens with zero attached hydrogens (tertiary/aromatic N) is 1. The van der Waals surface area contributed by atoms with E-state index in [1.165, 1.54) is 44.4 Å². The van der Waals surface area contributed by atoms with Crippen LogP contribution in [0.3, 0.4) is 0 Å². The van der Waals surface area contributed by atoms with E-state index in [0.717, 1.165) is 15.3 Å². The topological polar surface area (TPSA) is 83.6 Å². The Morgan fingerprint density at radius 3 is 2.21 bits per heavy atom. The van der Waals surface area contributed by atoms with Gasteiger partial charge in [0, 0.05) is 14.1 Å². The molecular formula is C16H18N2O4S2. The molecule has 0 radical (unpaired) electrons. The number of rotatable bonds is 6. The van der Waals surface area contributed by atoms with Crippen molar-refractivity contribution in [1.82, 2.24) is 4.31 Å². The predicted molar refractivity (Wildman–Crippen MR) is 95.3 cm³/mol. The minimum atomic E-state index is -3.75. The van der Waals surface area contributed by atoms with Gasteiger partial charge < -0.3 is 0 Å². The molecule has 2 aromatic carbocycles. The van der Waals surface area contributed by atoms with Crippen LogP contribution in [0.25, 0.3) is 6.08 Å². The van der Waals surface area contributed by atoms with Gasteiger partial charge >= 0.3 is 0 Å². The van der Waals surface area contributed by atoms with Crippen molar-refractivity contribution < 1.29 is 16.8 Å². The average Bonchev–Trinajstić information content (AvgIpc) is 2.54. The van der Waals surface area contributed by atoms with Crippen LogP contribution in [-0.4, -0.2) is 35.2 Å². The van der Waals surface area contributed by atoms with Crippen molar-refractivity contribution in [2.24, 2.45) is 0 Å². The molecule has 2 aromatic rings. The summed E-state index contributed by atoms with van der Waals surface area (Å²) in [6.07, 6.45) is 1.46. The fraction of sp³-hybridized carbons (Fsp3) is 0.125. The summed E-state index contributed by atoms with van der Waals surface area (Å²) in [5.74, 6) is 0. The average molecular weight is 366 g/mol. The standard InChI is InChI=1S/C16H18N2O4S2/c1-18(2)24(21,22)16-10-6-9-15(13-16)17-23(19,20)12-11-14-7-4-3-5-8-14/h3-13,17H,1-2H3/b12-11+. The second-order valence-electron chi connectivity index (χ2n) is 5.18. The Kier molecular flexibility index (Phi) is 5.43. The molecule has 0 aliphatic heterocycles. The molecule has 0 amide bonds. The number of hydrogen-bond donors (Lipinski definition) is 1. The molecule has 128 valence electrons. The first kappa shape index (κ1) is 18.2. The Morgan fingerprint density at radius 1 is 0.917 bits per heavy atom. The molecule has 0 bridgehead atoms. The minimum absolute atomic E-state index is 0.0136. The first-order valence-corrected chi connectivity index (χ1v) is 9.98. The summed E-state index contributed by atoms with van der Waals surface area (Å²) in [6.45, 7) is 0. The molecule has 1 N–H and O–H groups in total. The highest BCUT2D eigenvalue weighted by atomic mass is 32.2. The zero-order valence-corrected chi connectivity index (χ0v) is 14.9. The first-order chi connectivity index (χ1) is 11.2. The third-order valence-electron chi connectivity index (χ3n) is 3.11. The number of sulfonamides is 2. The van der Waals surface area contributed by atoms with Crippen LogP contribution >= 0.6 is 0 Å². The van der Waals surface area contributed by atoms with Gasteiger partial charge in [0.1, 0.15) is 0 Å². The molecule has 2 rings (SSSR count). The number of benzene rings is 2. The normalized spacial score (nSPS) is 12.6. The van der Waals surface area contributed by atoms with E-state index in [0.29, 0.717) is 0 Å². The number of nitrogens with one attached hydrogen (secondary N) is 1. The SMILES string of the molecule is CN(C)S(=O)(=O)c1cccc(NS(=O)(=O)/C=C/c2ccccc2)c1. The van der Waals surface area contributed by atoms with Crippen molar-refractivity contribution in [2.75, 3.05) is 18.8 Å². The third kappa shape index (κ3) is 4.67. The lowest BCUT2D eigenvalue weighted by atomic mass is 10.2. The van der Waals surface area contributed by atoms with E-state index in [-0.39, 0.29) is 10.6 Å². The van der Waals surface area contributed by atoms with Crippen LogP contribution in [0, 0.1) is 0 Å². The quantitative estimate of drug-likeness (QED) is 0.851. The predicted octanol–water partition coefficient (Wildman–Crippen LogP) is 2.35. The molecule has 6 nitrogen and oxygen atoms in total. The molecule has 0 spiro atoms. The van der Waals surface area contributed by atoms with Crippen molar-refractivity contribution in [3.05, 3.63) is 65.6 Å². The molecule has 0 fully saturated rings. The van der Waals surface area contributed by atoms with Crippen molar-refractivity contribution in [2.45, 2.75) is 4.90 Å². The minimum Gasteiger partial charge on any atom is -0.280 e. The molecule has 8 heteroatoms. The molecule has 24 heavy (non-hydrogen) atoms. The van der Waals surface area contributed by atoms with Crippen LogP contribution in [-0.2, 0) is 20.0 Å². The van der Waals surface area contributed by atoms with Gasteiger partial charge in [0.25, 0.3) is 10.0 Å². The highest BCUT2D eigenvalue weighted by Gasteiger charge is 2.18. The summed E-state index contributed by atoms with van der Waals surface area (Å²) in [7, 11) is -4.56. The molecule has 0 aliphatic rings. The summed E-state index contributed by atoms with van der Waals surface area (Å²) in [5.41, 5.74) is 0.919. The van der Waals surface area contributed by atoms with Gasteiger partial charge in [0.15, 0.2) is 0 Å². The van der Waals surface area contributed by atoms with E-state index in [9.17, 15) is 16.8 Å². The molecule has 0 saturated heterocycles. The fourth-order valence-electron chi connectivity index (χ4n) is 1.86. The van der Waals surface area contributed by atoms with Crippen LogP contribution in [0.1, 0.15) is 5.56 Å². The van der Waals surface area contributed by atoms with E-state index in [4.69, 9.17) is 0 Å². The van der Waals surface area contributed by atoms with Gasteiger partial charge in [-0.3, -0.25) is 4.72 Å². The van der Waals surface area contributed by atoms with Crippen LogP contribution in [0.15, 0.2) is 64.9 Å². The first-order valence-electron chi connectivity index (χ1n) is 6.99. The zero-order valence-electron chi connectivity index (χ0n) is 13.2. The Labute approximate surface area is 142 Å². The van der Waals surface area contributed by atoms with Crippen molar-refractivity contribution in [3.63, 3.8) is 0 Å². The molecule has 0 atom stereocenters. The Balaban J connectivity index is 2.23. The van der Waals surface area contributed by atoms with E-state index in [2.05, 4.69) is 4.72 Å². The van der Waals surface area contributed by atoms with Crippen LogP contribution < -0.4 is 4.72 Å². The zero-order chi connectivity index (χ0) is 17.8. The maximum atomic E-state index is 12.1. The second-order valence-corrected chi connectivity index (χ2v) is 8.89. The van der Waals surface area contributed by atoms with Crippen LogP contribution in [0.5, 0.6) is 0 Å². The molecule has 0 unspecified atom stereocenters. The van der Waals surface area contributed by atoms with E-state index in [1.807, 2.05) is 6.07 Å². The Hall–Kier alpha value is -2.16. The highest BCUT2D eigenvalue weighted by molar-refractivity contribution is 7.95. The summed E-state index contributed by atoms with van der Waals surface area (Å²) >= 11 is 0. The van der Waals surface area contributed by atoms with Crippen molar-refractivity contribution in [1.29, 1.82) is 0 Å². The molecule has 0 aromatic heterocycles. The second kappa shape index (κ2) is 7.16. The van der Waals surface area contributed by atoms with E-state index >= 15 is 0 Å². The lowest BCUT2D eigenvalue weighted by Crippen LogP contribution is -2.22. The van der Waals surface area contributed by atoms with E-state index < -0.39 is 20.0 Å². The molecule has 0 aliphatic carbocycles. The summed E-state index contributed by atoms with van der Waals surface area (Å²) in [6, 6.07) is 14.6. The number of hydrogen-bond acceptors (Lipinski definition) is 4.